The Kier molecular flexibility index (Phi) is 4.61. The van der Waals surface area contributed by atoms with E-state index in [1.807, 2.05) is 0 Å². The zero-order valence-electron chi connectivity index (χ0n) is 13.0. The zero-order chi connectivity index (χ0) is 18.9. The summed E-state index contributed by atoms with van der Waals surface area (Å²) >= 11 is 0. The van der Waals surface area contributed by atoms with Crippen LogP contribution < -0.4 is 4.18 Å². The summed E-state index contributed by atoms with van der Waals surface area (Å²) in [5, 5.41) is 31.5. The van der Waals surface area contributed by atoms with Crippen molar-refractivity contribution in [2.45, 2.75) is 18.7 Å². The molecule has 0 aliphatic heterocycles. The molecule has 2 aromatic carbocycles. The van der Waals surface area contributed by atoms with Crippen LogP contribution in [0.4, 0.5) is 11.4 Å². The fourth-order valence-corrected chi connectivity index (χ4v) is 3.17. The molecule has 0 aliphatic carbocycles. The van der Waals surface area contributed by atoms with Gasteiger partial charge in [-0.2, -0.15) is 8.42 Å². The number of nitro groups is 2. The van der Waals surface area contributed by atoms with Crippen molar-refractivity contribution < 1.29 is 27.6 Å². The van der Waals surface area contributed by atoms with Gasteiger partial charge in [-0.25, -0.2) is 0 Å². The van der Waals surface area contributed by atoms with Crippen LogP contribution in [0.25, 0.3) is 0 Å². The highest BCUT2D eigenvalue weighted by atomic mass is 32.2. The van der Waals surface area contributed by atoms with Gasteiger partial charge in [-0.05, 0) is 37.1 Å². The molecule has 0 aromatic heterocycles. The number of aromatic hydroxyl groups is 1. The van der Waals surface area contributed by atoms with Gasteiger partial charge in [0.1, 0.15) is 10.6 Å². The van der Waals surface area contributed by atoms with Crippen LogP contribution in [0.5, 0.6) is 11.5 Å². The van der Waals surface area contributed by atoms with Gasteiger partial charge >= 0.3 is 15.8 Å². The lowest BCUT2D eigenvalue weighted by Gasteiger charge is -2.10. The molecule has 0 aliphatic rings. The maximum Gasteiger partial charge on any atom is 0.339 e. The van der Waals surface area contributed by atoms with Gasteiger partial charge in [-0.3, -0.25) is 20.2 Å². The SMILES string of the molecule is Cc1cc(S(=O)(=O)Oc2cc([N+](=O)[O-])ccc2[N+](=O)[O-])cc(C)c1O. The van der Waals surface area contributed by atoms with Gasteiger partial charge in [0, 0.05) is 12.1 Å². The molecule has 0 atom stereocenters. The number of hydrogen-bond donors (Lipinski definition) is 1. The second kappa shape index (κ2) is 6.36. The van der Waals surface area contributed by atoms with Gasteiger partial charge < -0.3 is 9.29 Å². The minimum Gasteiger partial charge on any atom is -0.507 e. The van der Waals surface area contributed by atoms with E-state index in [1.54, 1.807) is 0 Å². The van der Waals surface area contributed by atoms with E-state index in [2.05, 4.69) is 0 Å². The fraction of sp³-hybridized carbons (Fsp3) is 0.143. The second-order valence-electron chi connectivity index (χ2n) is 5.11. The summed E-state index contributed by atoms with van der Waals surface area (Å²) in [6.45, 7) is 2.94. The van der Waals surface area contributed by atoms with Crippen LogP contribution >= 0.6 is 0 Å². The number of nitro benzene ring substituents is 2. The molecule has 132 valence electrons. The summed E-state index contributed by atoms with van der Waals surface area (Å²) in [6.07, 6.45) is 0. The van der Waals surface area contributed by atoms with E-state index in [0.717, 1.165) is 24.3 Å². The quantitative estimate of drug-likeness (QED) is 0.480. The predicted octanol–water partition coefficient (Wildman–Crippen LogP) is 2.59. The van der Waals surface area contributed by atoms with Gasteiger partial charge in [0.05, 0.1) is 15.9 Å². The second-order valence-corrected chi connectivity index (χ2v) is 6.66. The minimum absolute atomic E-state index is 0.0970. The number of aryl methyl sites for hydroxylation is 2. The Labute approximate surface area is 141 Å². The third-order valence-electron chi connectivity index (χ3n) is 3.30. The average Bonchev–Trinajstić information content (AvgIpc) is 2.51. The lowest BCUT2D eigenvalue weighted by Crippen LogP contribution is -2.11. The topological polar surface area (TPSA) is 150 Å². The molecule has 0 saturated heterocycles. The standard InChI is InChI=1S/C14H12N2O8S/c1-8-5-11(6-9(2)14(8)17)25(22,23)24-13-7-10(15(18)19)3-4-12(13)16(20)21/h3-7,17H,1-2H3. The third kappa shape index (κ3) is 3.66. The van der Waals surface area contributed by atoms with Crippen LogP contribution in [0.2, 0.25) is 0 Å². The highest BCUT2D eigenvalue weighted by Gasteiger charge is 2.26. The molecule has 0 heterocycles. The van der Waals surface area contributed by atoms with Crippen molar-refractivity contribution in [3.8, 4) is 11.5 Å². The summed E-state index contributed by atoms with van der Waals surface area (Å²) < 4.78 is 29.5. The molecular weight excluding hydrogens is 356 g/mol. The molecule has 0 radical (unpaired) electrons. The molecule has 0 saturated carbocycles. The number of phenols is 1. The van der Waals surface area contributed by atoms with Crippen molar-refractivity contribution in [2.24, 2.45) is 0 Å². The summed E-state index contributed by atoms with van der Waals surface area (Å²) in [5.74, 6) is -0.872. The van der Waals surface area contributed by atoms with Gasteiger partial charge in [0.25, 0.3) is 5.69 Å². The highest BCUT2D eigenvalue weighted by molar-refractivity contribution is 7.87. The minimum atomic E-state index is -4.51. The average molecular weight is 368 g/mol. The highest BCUT2D eigenvalue weighted by Crippen LogP contribution is 2.34. The number of benzene rings is 2. The van der Waals surface area contributed by atoms with E-state index in [1.165, 1.54) is 13.8 Å². The van der Waals surface area contributed by atoms with E-state index >= 15 is 0 Å². The number of rotatable bonds is 5. The molecule has 11 heteroatoms. The Morgan fingerprint density at radius 3 is 2.04 bits per heavy atom. The summed E-state index contributed by atoms with van der Waals surface area (Å²) in [7, 11) is -4.51. The Morgan fingerprint density at radius 1 is 1.00 bits per heavy atom. The van der Waals surface area contributed by atoms with Gasteiger partial charge in [0.15, 0.2) is 0 Å². The van der Waals surface area contributed by atoms with Gasteiger partial charge in [-0.15, -0.1) is 0 Å². The van der Waals surface area contributed by atoms with E-state index in [0.29, 0.717) is 6.07 Å². The van der Waals surface area contributed by atoms with Crippen LogP contribution in [0.1, 0.15) is 11.1 Å². The number of phenolic OH excluding ortho intramolecular Hbond substituents is 1. The Hall–Kier alpha value is -3.21. The van der Waals surface area contributed by atoms with E-state index < -0.39 is 37.1 Å². The molecule has 2 aromatic rings. The Balaban J connectivity index is 2.55. The first kappa shape index (κ1) is 18.1. The largest absolute Gasteiger partial charge is 0.507 e. The molecular formula is C14H12N2O8S. The van der Waals surface area contributed by atoms with Crippen LogP contribution in [0.15, 0.2) is 35.2 Å². The molecule has 25 heavy (non-hydrogen) atoms. The molecule has 2 rings (SSSR count). The number of hydrogen-bond acceptors (Lipinski definition) is 8. The van der Waals surface area contributed by atoms with Gasteiger partial charge in [0.2, 0.25) is 5.75 Å². The van der Waals surface area contributed by atoms with Crippen LogP contribution in [0, 0.1) is 34.1 Å². The smallest absolute Gasteiger partial charge is 0.339 e. The third-order valence-corrected chi connectivity index (χ3v) is 4.52. The summed E-state index contributed by atoms with van der Waals surface area (Å²) in [6, 6.07) is 4.57. The van der Waals surface area contributed by atoms with Crippen molar-refractivity contribution in [3.63, 3.8) is 0 Å². The number of non-ortho nitro benzene ring substituents is 1. The van der Waals surface area contributed by atoms with E-state index in [-0.39, 0.29) is 21.8 Å². The van der Waals surface area contributed by atoms with Crippen molar-refractivity contribution in [1.82, 2.24) is 0 Å². The number of nitrogens with zero attached hydrogens (tertiary/aromatic N) is 2. The molecule has 0 bridgehead atoms. The lowest BCUT2D eigenvalue weighted by molar-refractivity contribution is -0.389. The first-order valence-electron chi connectivity index (χ1n) is 6.70. The molecule has 0 amide bonds. The van der Waals surface area contributed by atoms with Crippen LogP contribution in [0.3, 0.4) is 0 Å². The fourth-order valence-electron chi connectivity index (χ4n) is 2.06. The van der Waals surface area contributed by atoms with Crippen molar-refractivity contribution in [2.75, 3.05) is 0 Å². The molecule has 1 N–H and O–H groups in total. The maximum absolute atomic E-state index is 12.4. The van der Waals surface area contributed by atoms with Crippen LogP contribution in [-0.4, -0.2) is 23.4 Å². The van der Waals surface area contributed by atoms with E-state index in [4.69, 9.17) is 4.18 Å². The maximum atomic E-state index is 12.4. The summed E-state index contributed by atoms with van der Waals surface area (Å²) in [4.78, 5) is 19.7. The van der Waals surface area contributed by atoms with Crippen molar-refractivity contribution in [3.05, 3.63) is 61.7 Å². The zero-order valence-corrected chi connectivity index (χ0v) is 13.8. The Bertz CT molecular complexity index is 961. The van der Waals surface area contributed by atoms with Crippen molar-refractivity contribution >= 4 is 21.5 Å². The normalized spacial score (nSPS) is 11.1. The monoisotopic (exact) mass is 368 g/mol. The predicted molar refractivity (Wildman–Crippen MR) is 85.1 cm³/mol. The molecule has 0 fully saturated rings. The first-order valence-corrected chi connectivity index (χ1v) is 8.11. The van der Waals surface area contributed by atoms with Crippen molar-refractivity contribution in [1.29, 1.82) is 0 Å². The van der Waals surface area contributed by atoms with Crippen LogP contribution in [-0.2, 0) is 10.1 Å². The van der Waals surface area contributed by atoms with E-state index in [9.17, 15) is 33.8 Å². The molecule has 10 nitrogen and oxygen atoms in total. The molecule has 0 unspecified atom stereocenters. The first-order chi connectivity index (χ1) is 11.5. The lowest BCUT2D eigenvalue weighted by atomic mass is 10.1. The van der Waals surface area contributed by atoms with Gasteiger partial charge in [-0.1, -0.05) is 0 Å². The Morgan fingerprint density at radius 2 is 1.56 bits per heavy atom. The molecule has 0 spiro atoms. The summed E-state index contributed by atoms with van der Waals surface area (Å²) in [5.41, 5.74) is -0.776.